The van der Waals surface area contributed by atoms with E-state index in [2.05, 4.69) is 12.6 Å². The van der Waals surface area contributed by atoms with Crippen LogP contribution in [0.1, 0.15) is 39.5 Å². The van der Waals surface area contributed by atoms with Crippen LogP contribution in [0.4, 0.5) is 0 Å². The molecule has 0 aliphatic heterocycles. The normalized spacial score (nSPS) is 11.5. The molecule has 11 heavy (non-hydrogen) atoms. The maximum Gasteiger partial charge on any atom is 0.233 e. The number of nitrogens with two attached hydrogens (primary N) is 1. The van der Waals surface area contributed by atoms with Crippen molar-refractivity contribution in [2.45, 2.75) is 44.3 Å². The molecule has 0 saturated carbocycles. The first-order valence-electron chi connectivity index (χ1n) is 4.09. The number of carbonyl (C=O) groups excluding carboxylic acids is 1. The first-order valence-corrected chi connectivity index (χ1v) is 4.53. The van der Waals surface area contributed by atoms with Gasteiger partial charge in [-0.05, 0) is 12.8 Å². The van der Waals surface area contributed by atoms with E-state index in [0.29, 0.717) is 0 Å². The summed E-state index contributed by atoms with van der Waals surface area (Å²) >= 11 is 4.30. The molecule has 0 atom stereocenters. The van der Waals surface area contributed by atoms with Gasteiger partial charge in [0.15, 0.2) is 0 Å². The number of hydrogen-bond donors (Lipinski definition) is 2. The summed E-state index contributed by atoms with van der Waals surface area (Å²) in [4.78, 5) is 10.9. The molecular weight excluding hydrogens is 158 g/mol. The SMILES string of the molecule is CCCC(S)(CCC)C(N)=O. The van der Waals surface area contributed by atoms with Gasteiger partial charge in [-0.1, -0.05) is 26.7 Å². The Balaban J connectivity index is 4.13. The van der Waals surface area contributed by atoms with Gasteiger partial charge in [0.1, 0.15) is 0 Å². The Bertz CT molecular complexity index is 130. The second-order valence-corrected chi connectivity index (χ2v) is 3.75. The van der Waals surface area contributed by atoms with Crippen molar-refractivity contribution in [3.8, 4) is 0 Å². The standard InChI is InChI=1S/C8H17NOS/c1-3-5-8(11,6-4-2)7(9)10/h11H,3-6H2,1-2H3,(H2,9,10). The highest BCUT2D eigenvalue weighted by atomic mass is 32.1. The van der Waals surface area contributed by atoms with Crippen LogP contribution in [0.3, 0.4) is 0 Å². The largest absolute Gasteiger partial charge is 0.368 e. The smallest absolute Gasteiger partial charge is 0.233 e. The summed E-state index contributed by atoms with van der Waals surface area (Å²) < 4.78 is -0.566. The number of amides is 1. The number of carbonyl (C=O) groups is 1. The van der Waals surface area contributed by atoms with Gasteiger partial charge >= 0.3 is 0 Å². The summed E-state index contributed by atoms with van der Waals surface area (Å²) in [6.07, 6.45) is 3.46. The van der Waals surface area contributed by atoms with Crippen LogP contribution in [0.15, 0.2) is 0 Å². The van der Waals surface area contributed by atoms with E-state index in [0.717, 1.165) is 25.7 Å². The molecule has 2 nitrogen and oxygen atoms in total. The molecule has 0 rings (SSSR count). The number of hydrogen-bond acceptors (Lipinski definition) is 2. The third-order valence-electron chi connectivity index (χ3n) is 1.79. The Morgan fingerprint density at radius 2 is 1.73 bits per heavy atom. The lowest BCUT2D eigenvalue weighted by molar-refractivity contribution is -0.120. The van der Waals surface area contributed by atoms with Gasteiger partial charge in [-0.3, -0.25) is 4.79 Å². The summed E-state index contributed by atoms with van der Waals surface area (Å²) in [7, 11) is 0. The summed E-state index contributed by atoms with van der Waals surface area (Å²) in [6, 6.07) is 0. The van der Waals surface area contributed by atoms with Crippen LogP contribution in [0.25, 0.3) is 0 Å². The molecule has 2 N–H and O–H groups in total. The molecular formula is C8H17NOS. The third-order valence-corrected chi connectivity index (χ3v) is 2.45. The van der Waals surface area contributed by atoms with Gasteiger partial charge < -0.3 is 5.73 Å². The Hall–Kier alpha value is -0.180. The molecule has 0 aromatic carbocycles. The first kappa shape index (κ1) is 10.8. The lowest BCUT2D eigenvalue weighted by Crippen LogP contribution is -2.38. The number of rotatable bonds is 5. The van der Waals surface area contributed by atoms with Crippen LogP contribution >= 0.6 is 12.6 Å². The van der Waals surface area contributed by atoms with Gasteiger partial charge in [0.25, 0.3) is 0 Å². The summed E-state index contributed by atoms with van der Waals surface area (Å²) in [5.41, 5.74) is 5.23. The predicted octanol–water partition coefficient (Wildman–Crippen LogP) is 1.74. The average molecular weight is 175 g/mol. The van der Waals surface area contributed by atoms with Crippen molar-refractivity contribution in [2.75, 3.05) is 0 Å². The molecule has 0 aromatic rings. The Labute approximate surface area is 74.0 Å². The molecule has 0 aliphatic carbocycles. The Morgan fingerprint density at radius 1 is 1.36 bits per heavy atom. The van der Waals surface area contributed by atoms with Crippen LogP contribution in [0, 0.1) is 0 Å². The monoisotopic (exact) mass is 175 g/mol. The van der Waals surface area contributed by atoms with E-state index in [-0.39, 0.29) is 5.91 Å². The van der Waals surface area contributed by atoms with Crippen LogP contribution in [0.5, 0.6) is 0 Å². The molecule has 0 radical (unpaired) electrons. The van der Waals surface area contributed by atoms with Crippen LogP contribution in [-0.4, -0.2) is 10.7 Å². The van der Waals surface area contributed by atoms with E-state index >= 15 is 0 Å². The summed E-state index contributed by atoms with van der Waals surface area (Å²) in [5, 5.41) is 0. The zero-order chi connectivity index (χ0) is 8.91. The van der Waals surface area contributed by atoms with Gasteiger partial charge in [-0.25, -0.2) is 0 Å². The van der Waals surface area contributed by atoms with Crippen LogP contribution in [-0.2, 0) is 4.79 Å². The van der Waals surface area contributed by atoms with Gasteiger partial charge in [0.05, 0.1) is 4.75 Å². The molecule has 0 bridgehead atoms. The molecule has 1 amide bonds. The molecule has 0 spiro atoms. The highest BCUT2D eigenvalue weighted by molar-refractivity contribution is 7.82. The number of primary amides is 1. The lowest BCUT2D eigenvalue weighted by atomic mass is 9.96. The maximum absolute atomic E-state index is 10.9. The molecule has 0 unspecified atom stereocenters. The van der Waals surface area contributed by atoms with Crippen LogP contribution in [0.2, 0.25) is 0 Å². The van der Waals surface area contributed by atoms with Crippen molar-refractivity contribution < 1.29 is 4.79 Å². The lowest BCUT2D eigenvalue weighted by Gasteiger charge is -2.23. The fourth-order valence-corrected chi connectivity index (χ4v) is 1.65. The minimum absolute atomic E-state index is 0.287. The fourth-order valence-electron chi connectivity index (χ4n) is 1.20. The van der Waals surface area contributed by atoms with E-state index < -0.39 is 4.75 Å². The second-order valence-electron chi connectivity index (χ2n) is 2.90. The summed E-state index contributed by atoms with van der Waals surface area (Å²) in [6.45, 7) is 4.06. The topological polar surface area (TPSA) is 43.1 Å². The maximum atomic E-state index is 10.9. The second kappa shape index (κ2) is 4.65. The minimum Gasteiger partial charge on any atom is -0.368 e. The van der Waals surface area contributed by atoms with E-state index in [1.807, 2.05) is 13.8 Å². The molecule has 0 fully saturated rings. The summed E-state index contributed by atoms with van der Waals surface area (Å²) in [5.74, 6) is -0.287. The van der Waals surface area contributed by atoms with Crippen molar-refractivity contribution in [2.24, 2.45) is 5.73 Å². The van der Waals surface area contributed by atoms with E-state index in [4.69, 9.17) is 5.73 Å². The Morgan fingerprint density at radius 3 is 1.91 bits per heavy atom. The molecule has 0 saturated heterocycles. The molecule has 0 aromatic heterocycles. The van der Waals surface area contributed by atoms with Crippen molar-refractivity contribution in [3.63, 3.8) is 0 Å². The van der Waals surface area contributed by atoms with Crippen LogP contribution < -0.4 is 5.73 Å². The van der Waals surface area contributed by atoms with Crippen molar-refractivity contribution in [1.82, 2.24) is 0 Å². The van der Waals surface area contributed by atoms with E-state index in [1.165, 1.54) is 0 Å². The van der Waals surface area contributed by atoms with Gasteiger partial charge in [-0.15, -0.1) is 0 Å². The highest BCUT2D eigenvalue weighted by Gasteiger charge is 2.29. The Kier molecular flexibility index (Phi) is 4.57. The quantitative estimate of drug-likeness (QED) is 0.614. The van der Waals surface area contributed by atoms with Gasteiger partial charge in [-0.2, -0.15) is 12.6 Å². The van der Waals surface area contributed by atoms with Crippen molar-refractivity contribution >= 4 is 18.5 Å². The van der Waals surface area contributed by atoms with Crippen molar-refractivity contribution in [1.29, 1.82) is 0 Å². The van der Waals surface area contributed by atoms with E-state index in [1.54, 1.807) is 0 Å². The first-order chi connectivity index (χ1) is 5.06. The third kappa shape index (κ3) is 3.14. The highest BCUT2D eigenvalue weighted by Crippen LogP contribution is 2.26. The zero-order valence-electron chi connectivity index (χ0n) is 7.26. The fraction of sp³-hybridized carbons (Fsp3) is 0.875. The van der Waals surface area contributed by atoms with E-state index in [9.17, 15) is 4.79 Å². The minimum atomic E-state index is -0.566. The van der Waals surface area contributed by atoms with Crippen molar-refractivity contribution in [3.05, 3.63) is 0 Å². The molecule has 66 valence electrons. The predicted molar refractivity (Wildman–Crippen MR) is 50.7 cm³/mol. The molecule has 3 heteroatoms. The van der Waals surface area contributed by atoms with Gasteiger partial charge in [0.2, 0.25) is 5.91 Å². The zero-order valence-corrected chi connectivity index (χ0v) is 8.16. The molecule has 0 heterocycles. The number of thiol groups is 1. The van der Waals surface area contributed by atoms with Gasteiger partial charge in [0, 0.05) is 0 Å². The molecule has 0 aliphatic rings. The average Bonchev–Trinajstić information content (AvgIpc) is 1.88.